The van der Waals surface area contributed by atoms with Gasteiger partial charge in [0.05, 0.1) is 12.6 Å². The summed E-state index contributed by atoms with van der Waals surface area (Å²) in [6.07, 6.45) is 0. The molecule has 0 aliphatic heterocycles. The Morgan fingerprint density at radius 2 is 2.19 bits per heavy atom. The van der Waals surface area contributed by atoms with Gasteiger partial charge in [0.1, 0.15) is 17.1 Å². The van der Waals surface area contributed by atoms with E-state index in [1.54, 1.807) is 25.3 Å². The second-order valence-corrected chi connectivity index (χ2v) is 3.28. The van der Waals surface area contributed by atoms with Gasteiger partial charge in [-0.1, -0.05) is 0 Å². The molecular weight excluding hydrogens is 208 g/mol. The summed E-state index contributed by atoms with van der Waals surface area (Å²) in [4.78, 5) is 14.9. The molecular formula is C11H10N2O3. The number of hydrogen-bond donors (Lipinski definition) is 2. The quantitative estimate of drug-likeness (QED) is 0.798. The van der Waals surface area contributed by atoms with E-state index in [1.807, 2.05) is 0 Å². The van der Waals surface area contributed by atoms with Crippen LogP contribution in [-0.2, 0) is 0 Å². The molecule has 2 aromatic rings. The lowest BCUT2D eigenvalue weighted by atomic mass is 10.1. The van der Waals surface area contributed by atoms with Crippen LogP contribution in [0, 0.1) is 0 Å². The molecule has 0 saturated heterocycles. The average molecular weight is 218 g/mol. The van der Waals surface area contributed by atoms with E-state index in [-0.39, 0.29) is 11.4 Å². The van der Waals surface area contributed by atoms with Crippen LogP contribution >= 0.6 is 0 Å². The molecule has 1 aromatic heterocycles. The van der Waals surface area contributed by atoms with Gasteiger partial charge in [0.25, 0.3) is 0 Å². The summed E-state index contributed by atoms with van der Waals surface area (Å²) in [5.74, 6) is -0.421. The summed E-state index contributed by atoms with van der Waals surface area (Å²) in [5, 5.41) is 9.59. The summed E-state index contributed by atoms with van der Waals surface area (Å²) in [5.41, 5.74) is 6.18. The first-order chi connectivity index (χ1) is 7.61. The SMILES string of the molecule is COc1ccc2nc(N)c(C(=O)O)cc2c1. The third kappa shape index (κ3) is 1.63. The number of pyridine rings is 1. The first kappa shape index (κ1) is 10.2. The number of aromatic nitrogens is 1. The van der Waals surface area contributed by atoms with Crippen LogP contribution in [0.15, 0.2) is 24.3 Å². The fourth-order valence-electron chi connectivity index (χ4n) is 1.47. The molecule has 0 saturated carbocycles. The van der Waals surface area contributed by atoms with Crippen LogP contribution in [0.1, 0.15) is 10.4 Å². The Bertz CT molecular complexity index is 566. The van der Waals surface area contributed by atoms with Gasteiger partial charge >= 0.3 is 5.97 Å². The van der Waals surface area contributed by atoms with Crippen molar-refractivity contribution in [1.29, 1.82) is 0 Å². The number of hydrogen-bond acceptors (Lipinski definition) is 4. The topological polar surface area (TPSA) is 85.4 Å². The number of nitrogens with zero attached hydrogens (tertiary/aromatic N) is 1. The Balaban J connectivity index is 2.70. The van der Waals surface area contributed by atoms with Crippen molar-refractivity contribution in [3.63, 3.8) is 0 Å². The molecule has 0 spiro atoms. The molecule has 1 aromatic carbocycles. The number of benzene rings is 1. The number of methoxy groups -OCH3 is 1. The molecule has 1 heterocycles. The molecule has 3 N–H and O–H groups in total. The van der Waals surface area contributed by atoms with Gasteiger partial charge in [-0.3, -0.25) is 0 Å². The molecule has 5 heteroatoms. The number of nitrogens with two attached hydrogens (primary N) is 1. The molecule has 5 nitrogen and oxygen atoms in total. The minimum atomic E-state index is -1.09. The maximum absolute atomic E-state index is 10.9. The van der Waals surface area contributed by atoms with Crippen LogP contribution in [0.4, 0.5) is 5.82 Å². The second kappa shape index (κ2) is 3.69. The van der Waals surface area contributed by atoms with Crippen molar-refractivity contribution < 1.29 is 14.6 Å². The number of carboxylic acids is 1. The molecule has 2 rings (SSSR count). The van der Waals surface area contributed by atoms with Crippen LogP contribution in [-0.4, -0.2) is 23.2 Å². The number of ether oxygens (including phenoxy) is 1. The standard InChI is InChI=1S/C11H10N2O3/c1-16-7-2-3-9-6(4-7)5-8(11(14)15)10(12)13-9/h2-5H,1H3,(H2,12,13)(H,14,15). The molecule has 0 aliphatic rings. The number of carbonyl (C=O) groups is 1. The molecule has 16 heavy (non-hydrogen) atoms. The van der Waals surface area contributed by atoms with Gasteiger partial charge in [-0.15, -0.1) is 0 Å². The number of aromatic carboxylic acids is 1. The number of anilines is 1. The molecule has 0 atom stereocenters. The Kier molecular flexibility index (Phi) is 2.36. The lowest BCUT2D eigenvalue weighted by molar-refractivity contribution is 0.0698. The zero-order chi connectivity index (χ0) is 11.7. The van der Waals surface area contributed by atoms with Crippen LogP contribution in [0.2, 0.25) is 0 Å². The molecule has 0 bridgehead atoms. The first-order valence-corrected chi connectivity index (χ1v) is 4.59. The third-order valence-electron chi connectivity index (χ3n) is 2.28. The van der Waals surface area contributed by atoms with E-state index in [0.29, 0.717) is 16.7 Å². The summed E-state index contributed by atoms with van der Waals surface area (Å²) in [6, 6.07) is 6.68. The number of fused-ring (bicyclic) bond motifs is 1. The van der Waals surface area contributed by atoms with Crippen molar-refractivity contribution in [1.82, 2.24) is 4.98 Å². The molecule has 0 amide bonds. The maximum atomic E-state index is 10.9. The van der Waals surface area contributed by atoms with Crippen LogP contribution in [0.5, 0.6) is 5.75 Å². The highest BCUT2D eigenvalue weighted by Gasteiger charge is 2.10. The smallest absolute Gasteiger partial charge is 0.339 e. The Hall–Kier alpha value is -2.30. The zero-order valence-electron chi connectivity index (χ0n) is 8.60. The van der Waals surface area contributed by atoms with Crippen molar-refractivity contribution in [2.24, 2.45) is 0 Å². The highest BCUT2D eigenvalue weighted by molar-refractivity contribution is 5.97. The highest BCUT2D eigenvalue weighted by atomic mass is 16.5. The monoisotopic (exact) mass is 218 g/mol. The van der Waals surface area contributed by atoms with E-state index in [1.165, 1.54) is 6.07 Å². The van der Waals surface area contributed by atoms with Gasteiger partial charge < -0.3 is 15.6 Å². The number of carboxylic acid groups (broad SMARTS) is 1. The number of rotatable bonds is 2. The lowest BCUT2D eigenvalue weighted by Gasteiger charge is -2.05. The predicted octanol–water partition coefficient (Wildman–Crippen LogP) is 1.52. The Labute approximate surface area is 91.5 Å². The largest absolute Gasteiger partial charge is 0.497 e. The molecule has 0 unspecified atom stereocenters. The van der Waals surface area contributed by atoms with Gasteiger partial charge in [0.2, 0.25) is 0 Å². The minimum absolute atomic E-state index is 0.000697. The van der Waals surface area contributed by atoms with Gasteiger partial charge in [0, 0.05) is 5.39 Å². The first-order valence-electron chi connectivity index (χ1n) is 4.59. The number of nitrogen functional groups attached to an aromatic ring is 1. The highest BCUT2D eigenvalue weighted by Crippen LogP contribution is 2.22. The summed E-state index contributed by atoms with van der Waals surface area (Å²) in [7, 11) is 1.55. The summed E-state index contributed by atoms with van der Waals surface area (Å²) in [6.45, 7) is 0. The van der Waals surface area contributed by atoms with E-state index < -0.39 is 5.97 Å². The molecule has 82 valence electrons. The van der Waals surface area contributed by atoms with Gasteiger partial charge in [0.15, 0.2) is 0 Å². The van der Waals surface area contributed by atoms with Gasteiger partial charge in [-0.2, -0.15) is 0 Å². The van der Waals surface area contributed by atoms with Crippen molar-refractivity contribution >= 4 is 22.7 Å². The Morgan fingerprint density at radius 1 is 1.44 bits per heavy atom. The Morgan fingerprint density at radius 3 is 2.81 bits per heavy atom. The van der Waals surface area contributed by atoms with E-state index >= 15 is 0 Å². The third-order valence-corrected chi connectivity index (χ3v) is 2.28. The normalized spacial score (nSPS) is 10.3. The van der Waals surface area contributed by atoms with Crippen LogP contribution in [0.3, 0.4) is 0 Å². The van der Waals surface area contributed by atoms with Crippen molar-refractivity contribution in [2.75, 3.05) is 12.8 Å². The van der Waals surface area contributed by atoms with E-state index in [4.69, 9.17) is 15.6 Å². The van der Waals surface area contributed by atoms with Crippen molar-refractivity contribution in [3.8, 4) is 5.75 Å². The van der Waals surface area contributed by atoms with E-state index in [9.17, 15) is 4.79 Å². The zero-order valence-corrected chi connectivity index (χ0v) is 8.60. The second-order valence-electron chi connectivity index (χ2n) is 3.28. The molecule has 0 radical (unpaired) electrons. The lowest BCUT2D eigenvalue weighted by Crippen LogP contribution is -2.04. The minimum Gasteiger partial charge on any atom is -0.497 e. The fraction of sp³-hybridized carbons (Fsp3) is 0.0909. The van der Waals surface area contributed by atoms with Crippen molar-refractivity contribution in [3.05, 3.63) is 29.8 Å². The summed E-state index contributed by atoms with van der Waals surface area (Å²) >= 11 is 0. The average Bonchev–Trinajstić information content (AvgIpc) is 2.27. The molecule has 0 aliphatic carbocycles. The van der Waals surface area contributed by atoms with Crippen molar-refractivity contribution in [2.45, 2.75) is 0 Å². The maximum Gasteiger partial charge on any atom is 0.339 e. The van der Waals surface area contributed by atoms with Gasteiger partial charge in [-0.05, 0) is 24.3 Å². The fourth-order valence-corrected chi connectivity index (χ4v) is 1.47. The predicted molar refractivity (Wildman–Crippen MR) is 59.7 cm³/mol. The van der Waals surface area contributed by atoms with Gasteiger partial charge in [-0.25, -0.2) is 9.78 Å². The summed E-state index contributed by atoms with van der Waals surface area (Å²) < 4.78 is 5.05. The van der Waals surface area contributed by atoms with E-state index in [0.717, 1.165) is 0 Å². The van der Waals surface area contributed by atoms with E-state index in [2.05, 4.69) is 4.98 Å². The van der Waals surface area contributed by atoms with Crippen LogP contribution < -0.4 is 10.5 Å². The van der Waals surface area contributed by atoms with Crippen LogP contribution in [0.25, 0.3) is 10.9 Å². The molecule has 0 fully saturated rings.